The number of fused-ring (bicyclic) bond motifs is 1. The number of benzene rings is 1. The molecule has 0 fully saturated rings. The molecule has 0 aliphatic carbocycles. The standard InChI is InChI=1S/C12H13NO3/c1-7(2)13-6-10-8(11(13)14)4-3-5-9(10)12(15)16/h3-5,7H,6H2,1-2H3,(H,15,16). The van der Waals surface area contributed by atoms with Crippen LogP contribution in [-0.2, 0) is 6.54 Å². The molecular weight excluding hydrogens is 206 g/mol. The quantitative estimate of drug-likeness (QED) is 0.824. The average Bonchev–Trinajstić information content (AvgIpc) is 2.56. The molecule has 4 nitrogen and oxygen atoms in total. The van der Waals surface area contributed by atoms with Crippen molar-refractivity contribution in [3.8, 4) is 0 Å². The fraction of sp³-hybridized carbons (Fsp3) is 0.333. The van der Waals surface area contributed by atoms with Crippen molar-refractivity contribution in [2.45, 2.75) is 26.4 Å². The Morgan fingerprint density at radius 3 is 2.69 bits per heavy atom. The molecule has 1 amide bonds. The summed E-state index contributed by atoms with van der Waals surface area (Å²) in [4.78, 5) is 24.6. The van der Waals surface area contributed by atoms with E-state index in [2.05, 4.69) is 0 Å². The van der Waals surface area contributed by atoms with Crippen molar-refractivity contribution in [3.63, 3.8) is 0 Å². The van der Waals surface area contributed by atoms with Gasteiger partial charge in [-0.05, 0) is 31.5 Å². The largest absolute Gasteiger partial charge is 0.478 e. The van der Waals surface area contributed by atoms with Gasteiger partial charge in [0.25, 0.3) is 5.91 Å². The summed E-state index contributed by atoms with van der Waals surface area (Å²) in [5, 5.41) is 9.03. The molecule has 1 heterocycles. The maximum absolute atomic E-state index is 11.9. The van der Waals surface area contributed by atoms with Gasteiger partial charge in [-0.3, -0.25) is 4.79 Å². The van der Waals surface area contributed by atoms with Crippen molar-refractivity contribution in [2.24, 2.45) is 0 Å². The van der Waals surface area contributed by atoms with Crippen molar-refractivity contribution < 1.29 is 14.7 Å². The van der Waals surface area contributed by atoms with Gasteiger partial charge in [-0.15, -0.1) is 0 Å². The molecule has 1 N–H and O–H groups in total. The SMILES string of the molecule is CC(C)N1Cc2c(C(=O)O)cccc2C1=O. The molecule has 1 aliphatic rings. The van der Waals surface area contributed by atoms with Crippen LogP contribution in [0.25, 0.3) is 0 Å². The average molecular weight is 219 g/mol. The fourth-order valence-corrected chi connectivity index (χ4v) is 1.97. The lowest BCUT2D eigenvalue weighted by molar-refractivity contribution is 0.0686. The first-order valence-corrected chi connectivity index (χ1v) is 5.18. The minimum atomic E-state index is -0.977. The van der Waals surface area contributed by atoms with Crippen molar-refractivity contribution in [1.29, 1.82) is 0 Å². The first kappa shape index (κ1) is 10.7. The van der Waals surface area contributed by atoms with Gasteiger partial charge in [-0.2, -0.15) is 0 Å². The van der Waals surface area contributed by atoms with Crippen LogP contribution >= 0.6 is 0 Å². The van der Waals surface area contributed by atoms with Gasteiger partial charge >= 0.3 is 5.97 Å². The van der Waals surface area contributed by atoms with E-state index in [9.17, 15) is 9.59 Å². The summed E-state index contributed by atoms with van der Waals surface area (Å²) in [6, 6.07) is 4.93. The molecule has 0 unspecified atom stereocenters. The van der Waals surface area contributed by atoms with E-state index in [0.717, 1.165) is 0 Å². The van der Waals surface area contributed by atoms with E-state index >= 15 is 0 Å². The van der Waals surface area contributed by atoms with Gasteiger partial charge in [-0.25, -0.2) is 4.79 Å². The maximum Gasteiger partial charge on any atom is 0.336 e. The lowest BCUT2D eigenvalue weighted by Gasteiger charge is -2.19. The number of hydrogen-bond acceptors (Lipinski definition) is 2. The molecule has 0 bridgehead atoms. The Balaban J connectivity index is 2.51. The van der Waals surface area contributed by atoms with E-state index in [1.807, 2.05) is 13.8 Å². The van der Waals surface area contributed by atoms with Crippen LogP contribution in [0.15, 0.2) is 18.2 Å². The van der Waals surface area contributed by atoms with E-state index in [1.54, 1.807) is 17.0 Å². The number of aromatic carboxylic acids is 1. The molecule has 0 saturated carbocycles. The van der Waals surface area contributed by atoms with Crippen LogP contribution < -0.4 is 0 Å². The third-order valence-electron chi connectivity index (χ3n) is 2.85. The normalized spacial score (nSPS) is 14.4. The third kappa shape index (κ3) is 1.46. The Morgan fingerprint density at radius 1 is 1.44 bits per heavy atom. The summed E-state index contributed by atoms with van der Waals surface area (Å²) >= 11 is 0. The van der Waals surface area contributed by atoms with Crippen molar-refractivity contribution in [1.82, 2.24) is 4.90 Å². The Morgan fingerprint density at radius 2 is 2.12 bits per heavy atom. The number of carbonyl (C=O) groups excluding carboxylic acids is 1. The van der Waals surface area contributed by atoms with Gasteiger partial charge in [0, 0.05) is 18.2 Å². The lowest BCUT2D eigenvalue weighted by atomic mass is 10.0. The van der Waals surface area contributed by atoms with Gasteiger partial charge in [0.05, 0.1) is 5.56 Å². The van der Waals surface area contributed by atoms with Crippen LogP contribution in [0, 0.1) is 0 Å². The van der Waals surface area contributed by atoms with Crippen LogP contribution in [0.1, 0.15) is 40.1 Å². The number of hydrogen-bond donors (Lipinski definition) is 1. The van der Waals surface area contributed by atoms with Crippen molar-refractivity contribution >= 4 is 11.9 Å². The molecule has 0 spiro atoms. The molecule has 1 aliphatic heterocycles. The van der Waals surface area contributed by atoms with Gasteiger partial charge in [0.2, 0.25) is 0 Å². The van der Waals surface area contributed by atoms with Crippen LogP contribution in [-0.4, -0.2) is 27.9 Å². The topological polar surface area (TPSA) is 57.6 Å². The number of carboxylic acid groups (broad SMARTS) is 1. The molecule has 0 atom stereocenters. The van der Waals surface area contributed by atoms with Crippen molar-refractivity contribution in [2.75, 3.05) is 0 Å². The van der Waals surface area contributed by atoms with E-state index in [4.69, 9.17) is 5.11 Å². The summed E-state index contributed by atoms with van der Waals surface area (Å²) in [5.74, 6) is -1.05. The zero-order chi connectivity index (χ0) is 11.9. The summed E-state index contributed by atoms with van der Waals surface area (Å²) in [6.07, 6.45) is 0. The summed E-state index contributed by atoms with van der Waals surface area (Å²) in [6.45, 7) is 4.24. The monoisotopic (exact) mass is 219 g/mol. The number of carbonyl (C=O) groups is 2. The molecule has 2 rings (SSSR count). The fourth-order valence-electron chi connectivity index (χ4n) is 1.97. The lowest BCUT2D eigenvalue weighted by Crippen LogP contribution is -2.30. The first-order chi connectivity index (χ1) is 7.52. The van der Waals surface area contributed by atoms with E-state index in [-0.39, 0.29) is 17.5 Å². The van der Waals surface area contributed by atoms with Crippen molar-refractivity contribution in [3.05, 3.63) is 34.9 Å². The van der Waals surface area contributed by atoms with E-state index < -0.39 is 5.97 Å². The number of amides is 1. The van der Waals surface area contributed by atoms with Crippen LogP contribution in [0.5, 0.6) is 0 Å². The van der Waals surface area contributed by atoms with Crippen LogP contribution in [0.3, 0.4) is 0 Å². The molecule has 0 radical (unpaired) electrons. The smallest absolute Gasteiger partial charge is 0.336 e. The second-order valence-electron chi connectivity index (χ2n) is 4.16. The summed E-state index contributed by atoms with van der Waals surface area (Å²) in [7, 11) is 0. The molecule has 1 aromatic carbocycles. The van der Waals surface area contributed by atoms with Gasteiger partial charge < -0.3 is 10.0 Å². The van der Waals surface area contributed by atoms with E-state index in [0.29, 0.717) is 17.7 Å². The Kier molecular flexibility index (Phi) is 2.42. The zero-order valence-electron chi connectivity index (χ0n) is 9.23. The molecule has 0 aromatic heterocycles. The van der Waals surface area contributed by atoms with Crippen LogP contribution in [0.2, 0.25) is 0 Å². The molecule has 16 heavy (non-hydrogen) atoms. The second-order valence-corrected chi connectivity index (χ2v) is 4.16. The number of rotatable bonds is 2. The number of nitrogens with zero attached hydrogens (tertiary/aromatic N) is 1. The zero-order valence-corrected chi connectivity index (χ0v) is 9.23. The van der Waals surface area contributed by atoms with Gasteiger partial charge in [0.15, 0.2) is 0 Å². The molecule has 84 valence electrons. The summed E-state index contributed by atoms with van der Waals surface area (Å²) < 4.78 is 0. The molecule has 0 saturated heterocycles. The van der Waals surface area contributed by atoms with E-state index in [1.165, 1.54) is 6.07 Å². The second kappa shape index (κ2) is 3.63. The highest BCUT2D eigenvalue weighted by Crippen LogP contribution is 2.27. The number of carboxylic acids is 1. The Bertz CT molecular complexity index is 465. The maximum atomic E-state index is 11.9. The highest BCUT2D eigenvalue weighted by Gasteiger charge is 2.31. The highest BCUT2D eigenvalue weighted by atomic mass is 16.4. The molecule has 4 heteroatoms. The molecular formula is C12H13NO3. The predicted molar refractivity (Wildman–Crippen MR) is 58.4 cm³/mol. The van der Waals surface area contributed by atoms with Gasteiger partial charge in [-0.1, -0.05) is 6.07 Å². The first-order valence-electron chi connectivity index (χ1n) is 5.18. The van der Waals surface area contributed by atoms with Gasteiger partial charge in [0.1, 0.15) is 0 Å². The van der Waals surface area contributed by atoms with Crippen LogP contribution in [0.4, 0.5) is 0 Å². The Labute approximate surface area is 93.5 Å². The third-order valence-corrected chi connectivity index (χ3v) is 2.85. The predicted octanol–water partition coefficient (Wildman–Crippen LogP) is 1.75. The summed E-state index contributed by atoms with van der Waals surface area (Å²) in [5.41, 5.74) is 1.39. The Hall–Kier alpha value is -1.84. The molecule has 1 aromatic rings. The minimum absolute atomic E-state index is 0.0758. The highest BCUT2D eigenvalue weighted by molar-refractivity contribution is 6.02. The minimum Gasteiger partial charge on any atom is -0.478 e.